The van der Waals surface area contributed by atoms with Crippen LogP contribution in [0.4, 0.5) is 0 Å². The summed E-state index contributed by atoms with van der Waals surface area (Å²) in [6.07, 6.45) is 1.13. The minimum absolute atomic E-state index is 0.156. The summed E-state index contributed by atoms with van der Waals surface area (Å²) in [4.78, 5) is 0.156. The lowest BCUT2D eigenvalue weighted by molar-refractivity contribution is 0.537. The van der Waals surface area contributed by atoms with Crippen molar-refractivity contribution >= 4 is 10.0 Å². The minimum Gasteiger partial charge on any atom is -0.313 e. The van der Waals surface area contributed by atoms with Crippen molar-refractivity contribution in [1.29, 1.82) is 0 Å². The summed E-state index contributed by atoms with van der Waals surface area (Å²) in [5, 5.41) is 8.33. The molecule has 96 valence electrons. The Morgan fingerprint density at radius 3 is 2.29 bits per heavy atom. The van der Waals surface area contributed by atoms with Gasteiger partial charge in [-0.15, -0.1) is 0 Å². The monoisotopic (exact) mass is 256 g/mol. The lowest BCUT2D eigenvalue weighted by atomic mass is 10.1. The van der Waals surface area contributed by atoms with Crippen LogP contribution in [0.5, 0.6) is 0 Å². The van der Waals surface area contributed by atoms with Crippen LogP contribution >= 0.6 is 0 Å². The summed E-state index contributed by atoms with van der Waals surface area (Å²) < 4.78 is 22.1. The van der Waals surface area contributed by atoms with E-state index in [2.05, 4.69) is 19.2 Å². The second-order valence-electron chi connectivity index (χ2n) is 4.55. The van der Waals surface area contributed by atoms with Crippen molar-refractivity contribution in [2.24, 2.45) is 11.1 Å². The van der Waals surface area contributed by atoms with E-state index in [4.69, 9.17) is 5.14 Å². The molecule has 3 N–H and O–H groups in total. The second-order valence-corrected chi connectivity index (χ2v) is 6.11. The summed E-state index contributed by atoms with van der Waals surface area (Å²) in [5.41, 5.74) is 1.06. The van der Waals surface area contributed by atoms with Crippen LogP contribution in [-0.2, 0) is 16.6 Å². The van der Waals surface area contributed by atoms with E-state index in [0.717, 1.165) is 25.1 Å². The first-order chi connectivity index (χ1) is 7.89. The van der Waals surface area contributed by atoms with E-state index in [9.17, 15) is 8.42 Å². The van der Waals surface area contributed by atoms with Gasteiger partial charge in [0.05, 0.1) is 4.90 Å². The normalized spacial score (nSPS) is 12.0. The van der Waals surface area contributed by atoms with Crippen LogP contribution in [0, 0.1) is 5.92 Å². The van der Waals surface area contributed by atoms with Gasteiger partial charge >= 0.3 is 0 Å². The van der Waals surface area contributed by atoms with Crippen LogP contribution in [0.3, 0.4) is 0 Å². The molecule has 0 fully saturated rings. The third-order valence-corrected chi connectivity index (χ3v) is 3.41. The molecule has 0 amide bonds. The molecule has 17 heavy (non-hydrogen) atoms. The maximum Gasteiger partial charge on any atom is 0.238 e. The quantitative estimate of drug-likeness (QED) is 0.757. The van der Waals surface area contributed by atoms with Crippen molar-refractivity contribution in [3.63, 3.8) is 0 Å². The van der Waals surface area contributed by atoms with Gasteiger partial charge in [-0.25, -0.2) is 13.6 Å². The number of nitrogens with one attached hydrogen (secondary N) is 1. The lowest BCUT2D eigenvalue weighted by Gasteiger charge is -2.07. The fourth-order valence-electron chi connectivity index (χ4n) is 1.42. The third-order valence-electron chi connectivity index (χ3n) is 2.48. The molecule has 0 saturated heterocycles. The molecule has 0 atom stereocenters. The first-order valence-corrected chi connectivity index (χ1v) is 7.26. The van der Waals surface area contributed by atoms with Gasteiger partial charge in [0, 0.05) is 6.54 Å². The molecule has 0 spiro atoms. The topological polar surface area (TPSA) is 72.2 Å². The molecule has 0 unspecified atom stereocenters. The molecule has 0 radical (unpaired) electrons. The molecule has 1 rings (SSSR count). The molecule has 0 saturated carbocycles. The first-order valence-electron chi connectivity index (χ1n) is 5.72. The molecule has 0 bridgehead atoms. The molecule has 1 aromatic rings. The predicted molar refractivity (Wildman–Crippen MR) is 69.0 cm³/mol. The molecule has 5 heteroatoms. The summed E-state index contributed by atoms with van der Waals surface area (Å²) >= 11 is 0. The number of benzene rings is 1. The zero-order chi connectivity index (χ0) is 12.9. The van der Waals surface area contributed by atoms with E-state index in [1.165, 1.54) is 12.1 Å². The van der Waals surface area contributed by atoms with Crippen LogP contribution < -0.4 is 10.5 Å². The van der Waals surface area contributed by atoms with E-state index < -0.39 is 10.0 Å². The van der Waals surface area contributed by atoms with E-state index in [1.54, 1.807) is 12.1 Å². The maximum atomic E-state index is 11.0. The van der Waals surface area contributed by atoms with Crippen LogP contribution in [-0.4, -0.2) is 15.0 Å². The Morgan fingerprint density at radius 1 is 1.24 bits per heavy atom. The second kappa shape index (κ2) is 6.14. The highest BCUT2D eigenvalue weighted by Gasteiger charge is 2.06. The number of hydrogen-bond donors (Lipinski definition) is 2. The SMILES string of the molecule is CC(C)CCNCc1ccc(S(N)(=O)=O)cc1. The van der Waals surface area contributed by atoms with Crippen LogP contribution in [0.2, 0.25) is 0 Å². The van der Waals surface area contributed by atoms with Crippen molar-refractivity contribution in [2.45, 2.75) is 31.7 Å². The number of primary sulfonamides is 1. The fraction of sp³-hybridized carbons (Fsp3) is 0.500. The maximum absolute atomic E-state index is 11.0. The Balaban J connectivity index is 2.46. The van der Waals surface area contributed by atoms with Gasteiger partial charge < -0.3 is 5.32 Å². The zero-order valence-corrected chi connectivity index (χ0v) is 11.1. The Kier molecular flexibility index (Phi) is 5.11. The van der Waals surface area contributed by atoms with Gasteiger partial charge in [0.15, 0.2) is 0 Å². The predicted octanol–water partition coefficient (Wildman–Crippen LogP) is 1.47. The smallest absolute Gasteiger partial charge is 0.238 e. The Hall–Kier alpha value is -0.910. The van der Waals surface area contributed by atoms with Gasteiger partial charge in [-0.2, -0.15) is 0 Å². The lowest BCUT2D eigenvalue weighted by Crippen LogP contribution is -2.16. The average Bonchev–Trinajstić information content (AvgIpc) is 2.23. The molecule has 0 aromatic heterocycles. The Bertz CT molecular complexity index is 438. The molecular formula is C12H20N2O2S. The number of nitrogens with two attached hydrogens (primary N) is 1. The van der Waals surface area contributed by atoms with Crippen molar-refractivity contribution in [2.75, 3.05) is 6.54 Å². The summed E-state index contributed by atoms with van der Waals surface area (Å²) in [6, 6.07) is 6.63. The summed E-state index contributed by atoms with van der Waals surface area (Å²) in [5.74, 6) is 0.687. The van der Waals surface area contributed by atoms with Gasteiger partial charge in [-0.1, -0.05) is 26.0 Å². The largest absolute Gasteiger partial charge is 0.313 e. The molecule has 4 nitrogen and oxygen atoms in total. The van der Waals surface area contributed by atoms with Gasteiger partial charge in [-0.05, 0) is 36.6 Å². The van der Waals surface area contributed by atoms with Crippen molar-refractivity contribution < 1.29 is 8.42 Å². The average molecular weight is 256 g/mol. The fourth-order valence-corrected chi connectivity index (χ4v) is 1.94. The zero-order valence-electron chi connectivity index (χ0n) is 10.3. The standard InChI is InChI=1S/C12H20N2O2S/c1-10(2)7-8-14-9-11-3-5-12(6-4-11)17(13,15)16/h3-6,10,14H,7-9H2,1-2H3,(H2,13,15,16). The van der Waals surface area contributed by atoms with Crippen LogP contribution in [0.1, 0.15) is 25.8 Å². The van der Waals surface area contributed by atoms with Crippen LogP contribution in [0.25, 0.3) is 0 Å². The molecule has 1 aromatic carbocycles. The first kappa shape index (κ1) is 14.2. The molecule has 0 aliphatic rings. The minimum atomic E-state index is -3.58. The van der Waals surface area contributed by atoms with Gasteiger partial charge in [0.2, 0.25) is 10.0 Å². The highest BCUT2D eigenvalue weighted by molar-refractivity contribution is 7.89. The van der Waals surface area contributed by atoms with E-state index in [-0.39, 0.29) is 4.90 Å². The van der Waals surface area contributed by atoms with E-state index in [0.29, 0.717) is 5.92 Å². The number of sulfonamides is 1. The van der Waals surface area contributed by atoms with Gasteiger partial charge in [0.1, 0.15) is 0 Å². The Labute approximate surface area is 103 Å². The van der Waals surface area contributed by atoms with E-state index in [1.807, 2.05) is 0 Å². The van der Waals surface area contributed by atoms with Crippen LogP contribution in [0.15, 0.2) is 29.2 Å². The molecule has 0 aliphatic carbocycles. The molecular weight excluding hydrogens is 236 g/mol. The Morgan fingerprint density at radius 2 is 1.82 bits per heavy atom. The highest BCUT2D eigenvalue weighted by atomic mass is 32.2. The number of hydrogen-bond acceptors (Lipinski definition) is 3. The number of rotatable bonds is 6. The molecule has 0 aliphatic heterocycles. The van der Waals surface area contributed by atoms with Crippen molar-refractivity contribution in [3.8, 4) is 0 Å². The highest BCUT2D eigenvalue weighted by Crippen LogP contribution is 2.08. The summed E-state index contributed by atoms with van der Waals surface area (Å²) in [6.45, 7) is 6.08. The van der Waals surface area contributed by atoms with E-state index >= 15 is 0 Å². The van der Waals surface area contributed by atoms with Gasteiger partial charge in [-0.3, -0.25) is 0 Å². The summed E-state index contributed by atoms with van der Waals surface area (Å²) in [7, 11) is -3.58. The third kappa shape index (κ3) is 5.30. The molecule has 0 heterocycles. The van der Waals surface area contributed by atoms with Crippen molar-refractivity contribution in [1.82, 2.24) is 5.32 Å². The van der Waals surface area contributed by atoms with Crippen molar-refractivity contribution in [3.05, 3.63) is 29.8 Å². The van der Waals surface area contributed by atoms with Gasteiger partial charge in [0.25, 0.3) is 0 Å².